The van der Waals surface area contributed by atoms with E-state index in [2.05, 4.69) is 5.32 Å². The average molecular weight is 345 g/mol. The van der Waals surface area contributed by atoms with Crippen molar-refractivity contribution in [1.29, 1.82) is 0 Å². The Hall–Kier alpha value is -2.50. The number of fused-ring (bicyclic) bond motifs is 2. The third kappa shape index (κ3) is 3.34. The molecule has 1 aromatic rings. The van der Waals surface area contributed by atoms with Gasteiger partial charge in [0.1, 0.15) is 0 Å². The smallest absolute Gasteiger partial charge is 0.307 e. The van der Waals surface area contributed by atoms with E-state index in [-0.39, 0.29) is 17.7 Å². The molecule has 0 saturated heterocycles. The molecule has 6 nitrogen and oxygen atoms in total. The fourth-order valence-electron chi connectivity index (χ4n) is 4.00. The van der Waals surface area contributed by atoms with Gasteiger partial charge in [0.25, 0.3) is 0 Å². The molecule has 1 amide bonds. The molecule has 2 aliphatic carbocycles. The van der Waals surface area contributed by atoms with E-state index in [1.807, 2.05) is 30.4 Å². The minimum Gasteiger partial charge on any atom is -0.493 e. The van der Waals surface area contributed by atoms with Crippen molar-refractivity contribution < 1.29 is 24.2 Å². The van der Waals surface area contributed by atoms with Crippen LogP contribution in [0, 0.1) is 23.7 Å². The number of amides is 1. The van der Waals surface area contributed by atoms with Crippen LogP contribution in [0.4, 0.5) is 0 Å². The monoisotopic (exact) mass is 345 g/mol. The number of carboxylic acid groups (broad SMARTS) is 1. The van der Waals surface area contributed by atoms with Gasteiger partial charge in [0.2, 0.25) is 5.91 Å². The lowest BCUT2D eigenvalue weighted by Gasteiger charge is -2.23. The lowest BCUT2D eigenvalue weighted by molar-refractivity contribution is -0.147. The van der Waals surface area contributed by atoms with Crippen molar-refractivity contribution >= 4 is 11.9 Å². The Morgan fingerprint density at radius 3 is 2.44 bits per heavy atom. The SMILES string of the molecule is COc1ccc(CCNC(=O)[C@H]2[C@H](C(=O)O)[C@H]3C=C[C@H]2C3)cc1OC. The van der Waals surface area contributed by atoms with E-state index in [0.717, 1.165) is 12.0 Å². The molecular weight excluding hydrogens is 322 g/mol. The molecule has 0 heterocycles. The number of methoxy groups -OCH3 is 2. The molecule has 1 saturated carbocycles. The summed E-state index contributed by atoms with van der Waals surface area (Å²) in [7, 11) is 3.17. The standard InChI is InChI=1S/C19H23NO5/c1-24-14-6-3-11(9-15(14)25-2)7-8-20-18(21)16-12-4-5-13(10-12)17(16)19(22)23/h3-6,9,12-13,16-17H,7-8,10H2,1-2H3,(H,20,21)(H,22,23)/t12-,13-,16+,17+/m0/s1. The molecule has 2 bridgehead atoms. The second kappa shape index (κ2) is 7.17. The number of rotatable bonds is 7. The van der Waals surface area contributed by atoms with Crippen molar-refractivity contribution in [2.24, 2.45) is 23.7 Å². The first-order valence-electron chi connectivity index (χ1n) is 8.45. The molecule has 2 N–H and O–H groups in total. The number of aliphatic carboxylic acids is 1. The largest absolute Gasteiger partial charge is 0.493 e. The van der Waals surface area contributed by atoms with Gasteiger partial charge in [-0.15, -0.1) is 0 Å². The molecular formula is C19H23NO5. The Bertz CT molecular complexity index is 699. The zero-order valence-electron chi connectivity index (χ0n) is 14.4. The number of allylic oxidation sites excluding steroid dienone is 2. The van der Waals surface area contributed by atoms with Crippen LogP contribution in [0.15, 0.2) is 30.4 Å². The van der Waals surface area contributed by atoms with Crippen molar-refractivity contribution in [3.63, 3.8) is 0 Å². The maximum atomic E-state index is 12.5. The molecule has 0 unspecified atom stereocenters. The average Bonchev–Trinajstić information content (AvgIpc) is 3.22. The number of hydrogen-bond donors (Lipinski definition) is 2. The highest BCUT2D eigenvalue weighted by atomic mass is 16.5. The van der Waals surface area contributed by atoms with Crippen LogP contribution in [0.25, 0.3) is 0 Å². The summed E-state index contributed by atoms with van der Waals surface area (Å²) in [5.41, 5.74) is 1.01. The van der Waals surface area contributed by atoms with E-state index < -0.39 is 17.8 Å². The number of carbonyl (C=O) groups is 2. The number of hydrogen-bond acceptors (Lipinski definition) is 4. The number of carboxylic acids is 1. The van der Waals surface area contributed by atoms with Gasteiger partial charge >= 0.3 is 5.97 Å². The van der Waals surface area contributed by atoms with Crippen LogP contribution < -0.4 is 14.8 Å². The Morgan fingerprint density at radius 2 is 1.80 bits per heavy atom. The van der Waals surface area contributed by atoms with Crippen LogP contribution in [0.5, 0.6) is 11.5 Å². The van der Waals surface area contributed by atoms with Gasteiger partial charge < -0.3 is 19.9 Å². The lowest BCUT2D eigenvalue weighted by atomic mass is 9.82. The quantitative estimate of drug-likeness (QED) is 0.737. The van der Waals surface area contributed by atoms with E-state index in [0.29, 0.717) is 24.5 Å². The van der Waals surface area contributed by atoms with Gasteiger partial charge in [-0.2, -0.15) is 0 Å². The minimum atomic E-state index is -0.878. The highest BCUT2D eigenvalue weighted by Crippen LogP contribution is 2.48. The van der Waals surface area contributed by atoms with Crippen LogP contribution in [0.1, 0.15) is 12.0 Å². The molecule has 6 heteroatoms. The fraction of sp³-hybridized carbons (Fsp3) is 0.474. The summed E-state index contributed by atoms with van der Waals surface area (Å²) in [6.45, 7) is 0.457. The lowest BCUT2D eigenvalue weighted by Crippen LogP contribution is -2.40. The maximum absolute atomic E-state index is 12.5. The summed E-state index contributed by atoms with van der Waals surface area (Å²) >= 11 is 0. The summed E-state index contributed by atoms with van der Waals surface area (Å²) in [6, 6.07) is 5.64. The van der Waals surface area contributed by atoms with Crippen molar-refractivity contribution in [2.45, 2.75) is 12.8 Å². The maximum Gasteiger partial charge on any atom is 0.307 e. The molecule has 0 spiro atoms. The van der Waals surface area contributed by atoms with Crippen molar-refractivity contribution in [3.8, 4) is 11.5 Å². The van der Waals surface area contributed by atoms with Crippen molar-refractivity contribution in [1.82, 2.24) is 5.32 Å². The Balaban J connectivity index is 1.58. The predicted octanol–water partition coefficient (Wildman–Crippen LogP) is 1.89. The van der Waals surface area contributed by atoms with Gasteiger partial charge in [0.15, 0.2) is 11.5 Å². The van der Waals surface area contributed by atoms with E-state index in [1.54, 1.807) is 14.2 Å². The fourth-order valence-corrected chi connectivity index (χ4v) is 4.00. The highest BCUT2D eigenvalue weighted by Gasteiger charge is 2.51. The summed E-state index contributed by atoms with van der Waals surface area (Å²) in [5, 5.41) is 12.3. The highest BCUT2D eigenvalue weighted by molar-refractivity contribution is 5.86. The molecule has 1 aromatic carbocycles. The summed E-state index contributed by atoms with van der Waals surface area (Å²) in [6.07, 6.45) is 5.34. The first-order chi connectivity index (χ1) is 12.0. The van der Waals surface area contributed by atoms with E-state index in [1.165, 1.54) is 0 Å². The second-order valence-electron chi connectivity index (χ2n) is 6.57. The zero-order valence-corrected chi connectivity index (χ0v) is 14.4. The van der Waals surface area contributed by atoms with Crippen molar-refractivity contribution in [2.75, 3.05) is 20.8 Å². The number of benzene rings is 1. The third-order valence-corrected chi connectivity index (χ3v) is 5.21. The number of nitrogens with one attached hydrogen (secondary N) is 1. The van der Waals surface area contributed by atoms with Gasteiger partial charge in [-0.05, 0) is 42.4 Å². The summed E-state index contributed by atoms with van der Waals surface area (Å²) < 4.78 is 10.5. The predicted molar refractivity (Wildman–Crippen MR) is 91.6 cm³/mol. The van der Waals surface area contributed by atoms with Gasteiger partial charge in [0, 0.05) is 6.54 Å². The Labute approximate surface area is 146 Å². The van der Waals surface area contributed by atoms with Crippen LogP contribution >= 0.6 is 0 Å². The Kier molecular flexibility index (Phi) is 4.97. The Morgan fingerprint density at radius 1 is 1.12 bits per heavy atom. The van der Waals surface area contributed by atoms with E-state index in [4.69, 9.17) is 9.47 Å². The van der Waals surface area contributed by atoms with Crippen LogP contribution in [-0.4, -0.2) is 37.7 Å². The molecule has 0 aliphatic heterocycles. The first-order valence-corrected chi connectivity index (χ1v) is 8.45. The zero-order chi connectivity index (χ0) is 18.0. The molecule has 0 radical (unpaired) electrons. The van der Waals surface area contributed by atoms with E-state index in [9.17, 15) is 14.7 Å². The first kappa shape index (κ1) is 17.3. The van der Waals surface area contributed by atoms with E-state index >= 15 is 0 Å². The van der Waals surface area contributed by atoms with Gasteiger partial charge in [0.05, 0.1) is 26.1 Å². The second-order valence-corrected chi connectivity index (χ2v) is 6.57. The molecule has 134 valence electrons. The van der Waals surface area contributed by atoms with Gasteiger partial charge in [-0.25, -0.2) is 0 Å². The molecule has 1 fully saturated rings. The number of carbonyl (C=O) groups excluding carboxylic acids is 1. The molecule has 25 heavy (non-hydrogen) atoms. The van der Waals surface area contributed by atoms with Crippen molar-refractivity contribution in [3.05, 3.63) is 35.9 Å². The van der Waals surface area contributed by atoms with Crippen LogP contribution in [0.2, 0.25) is 0 Å². The third-order valence-electron chi connectivity index (χ3n) is 5.21. The van der Waals surface area contributed by atoms with Gasteiger partial charge in [-0.3, -0.25) is 9.59 Å². The normalized spacial score (nSPS) is 26.5. The van der Waals surface area contributed by atoms with Gasteiger partial charge in [-0.1, -0.05) is 18.2 Å². The molecule has 0 aromatic heterocycles. The molecule has 3 rings (SSSR count). The summed E-state index contributed by atoms with van der Waals surface area (Å²) in [5.74, 6) is -0.754. The van der Waals surface area contributed by atoms with Crippen LogP contribution in [-0.2, 0) is 16.0 Å². The molecule has 4 atom stereocenters. The topological polar surface area (TPSA) is 84.9 Å². The summed E-state index contributed by atoms with van der Waals surface area (Å²) in [4.78, 5) is 24.0. The molecule has 2 aliphatic rings. The van der Waals surface area contributed by atoms with Crippen LogP contribution in [0.3, 0.4) is 0 Å². The minimum absolute atomic E-state index is 0.0101. The number of ether oxygens (including phenoxy) is 2.